The molecule has 1 fully saturated rings. The van der Waals surface area contributed by atoms with E-state index < -0.39 is 6.04 Å². The van der Waals surface area contributed by atoms with Crippen molar-refractivity contribution in [1.82, 2.24) is 5.32 Å². The van der Waals surface area contributed by atoms with Gasteiger partial charge in [0, 0.05) is 6.04 Å². The van der Waals surface area contributed by atoms with Gasteiger partial charge < -0.3 is 9.84 Å². The molecule has 0 radical (unpaired) electrons. The molecule has 0 aromatic heterocycles. The summed E-state index contributed by atoms with van der Waals surface area (Å²) in [6, 6.07) is 5.85. The number of esters is 1. The third kappa shape index (κ3) is 3.11. The van der Waals surface area contributed by atoms with E-state index >= 15 is 0 Å². The van der Waals surface area contributed by atoms with E-state index in [0.29, 0.717) is 18.4 Å². The number of methoxy groups -OCH3 is 1. The second-order valence-electron chi connectivity index (χ2n) is 4.81. The van der Waals surface area contributed by atoms with Crippen molar-refractivity contribution in [3.8, 4) is 0 Å². The van der Waals surface area contributed by atoms with Gasteiger partial charge in [0.1, 0.15) is 11.9 Å². The summed E-state index contributed by atoms with van der Waals surface area (Å²) in [5.41, 5.74) is 0.594. The van der Waals surface area contributed by atoms with Gasteiger partial charge in [-0.1, -0.05) is 18.2 Å². The Morgan fingerprint density at radius 1 is 1.47 bits per heavy atom. The van der Waals surface area contributed by atoms with E-state index in [9.17, 15) is 14.3 Å². The van der Waals surface area contributed by atoms with E-state index in [1.807, 2.05) is 0 Å². The number of carbonyl (C=O) groups excluding carboxylic acids is 1. The van der Waals surface area contributed by atoms with Crippen LogP contribution in [-0.4, -0.2) is 36.9 Å². The summed E-state index contributed by atoms with van der Waals surface area (Å²) in [7, 11) is 1.32. The second-order valence-corrected chi connectivity index (χ2v) is 4.81. The normalized spacial score (nSPS) is 27.0. The SMILES string of the molecule is COC(=O)C1CC(c2ccccc2F)CC(CO)N1. The van der Waals surface area contributed by atoms with Crippen molar-refractivity contribution in [2.45, 2.75) is 30.8 Å². The van der Waals surface area contributed by atoms with E-state index in [2.05, 4.69) is 5.32 Å². The van der Waals surface area contributed by atoms with E-state index in [4.69, 9.17) is 4.74 Å². The maximum Gasteiger partial charge on any atom is 0.322 e. The molecule has 0 amide bonds. The highest BCUT2D eigenvalue weighted by Crippen LogP contribution is 2.32. The molecule has 19 heavy (non-hydrogen) atoms. The Kier molecular flexibility index (Phi) is 4.50. The van der Waals surface area contributed by atoms with Gasteiger partial charge in [-0.3, -0.25) is 10.1 Å². The summed E-state index contributed by atoms with van der Waals surface area (Å²) in [5, 5.41) is 12.3. The van der Waals surface area contributed by atoms with Crippen molar-refractivity contribution in [2.75, 3.05) is 13.7 Å². The zero-order valence-electron chi connectivity index (χ0n) is 10.8. The highest BCUT2D eigenvalue weighted by atomic mass is 19.1. The molecule has 0 saturated carbocycles. The molecular formula is C14H18FNO3. The molecule has 5 heteroatoms. The van der Waals surface area contributed by atoms with Gasteiger partial charge in [0.05, 0.1) is 13.7 Å². The summed E-state index contributed by atoms with van der Waals surface area (Å²) in [6.45, 7) is -0.0849. The van der Waals surface area contributed by atoms with E-state index in [1.165, 1.54) is 13.2 Å². The lowest BCUT2D eigenvalue weighted by Crippen LogP contribution is -2.50. The zero-order chi connectivity index (χ0) is 13.8. The Morgan fingerprint density at radius 2 is 2.21 bits per heavy atom. The first-order valence-corrected chi connectivity index (χ1v) is 6.34. The van der Waals surface area contributed by atoms with Crippen LogP contribution in [-0.2, 0) is 9.53 Å². The van der Waals surface area contributed by atoms with Crippen molar-refractivity contribution in [3.05, 3.63) is 35.6 Å². The molecule has 4 nitrogen and oxygen atoms in total. The molecule has 1 saturated heterocycles. The van der Waals surface area contributed by atoms with Crippen LogP contribution in [0.1, 0.15) is 24.3 Å². The van der Waals surface area contributed by atoms with Crippen molar-refractivity contribution in [1.29, 1.82) is 0 Å². The van der Waals surface area contributed by atoms with Crippen molar-refractivity contribution >= 4 is 5.97 Å². The first-order valence-electron chi connectivity index (χ1n) is 6.34. The number of benzene rings is 1. The second kappa shape index (κ2) is 6.12. The number of halogens is 1. The number of ether oxygens (including phenoxy) is 1. The molecule has 1 heterocycles. The molecule has 1 aromatic rings. The third-order valence-electron chi connectivity index (χ3n) is 3.58. The van der Waals surface area contributed by atoms with Gasteiger partial charge in [0.2, 0.25) is 0 Å². The van der Waals surface area contributed by atoms with Crippen LogP contribution in [0.4, 0.5) is 4.39 Å². The maximum absolute atomic E-state index is 13.8. The van der Waals surface area contributed by atoms with Crippen LogP contribution in [0.25, 0.3) is 0 Å². The molecule has 104 valence electrons. The lowest BCUT2D eigenvalue weighted by molar-refractivity contribution is -0.144. The lowest BCUT2D eigenvalue weighted by atomic mass is 9.83. The topological polar surface area (TPSA) is 58.6 Å². The Bertz CT molecular complexity index is 452. The van der Waals surface area contributed by atoms with Crippen LogP contribution in [0.15, 0.2) is 24.3 Å². The average molecular weight is 267 g/mol. The first-order chi connectivity index (χ1) is 9.15. The zero-order valence-corrected chi connectivity index (χ0v) is 10.8. The molecule has 1 aliphatic rings. The number of rotatable bonds is 3. The van der Waals surface area contributed by atoms with Crippen LogP contribution < -0.4 is 5.32 Å². The fourth-order valence-electron chi connectivity index (χ4n) is 2.64. The molecular weight excluding hydrogens is 249 g/mol. The number of aliphatic hydroxyl groups excluding tert-OH is 1. The molecule has 2 N–H and O–H groups in total. The van der Waals surface area contributed by atoms with Gasteiger partial charge in [-0.25, -0.2) is 4.39 Å². The first kappa shape index (κ1) is 14.0. The van der Waals surface area contributed by atoms with Gasteiger partial charge in [0.15, 0.2) is 0 Å². The monoisotopic (exact) mass is 267 g/mol. The summed E-state index contributed by atoms with van der Waals surface area (Å²) in [5.74, 6) is -0.738. The Balaban J connectivity index is 2.20. The average Bonchev–Trinajstić information content (AvgIpc) is 2.46. The third-order valence-corrected chi connectivity index (χ3v) is 3.58. The Morgan fingerprint density at radius 3 is 2.84 bits per heavy atom. The van der Waals surface area contributed by atoms with Gasteiger partial charge in [-0.15, -0.1) is 0 Å². The van der Waals surface area contributed by atoms with Gasteiger partial charge >= 0.3 is 5.97 Å². The highest BCUT2D eigenvalue weighted by Gasteiger charge is 2.34. The Hall–Kier alpha value is -1.46. The van der Waals surface area contributed by atoms with Crippen LogP contribution in [0.2, 0.25) is 0 Å². The van der Waals surface area contributed by atoms with Crippen LogP contribution >= 0.6 is 0 Å². The molecule has 3 atom stereocenters. The number of aliphatic hydroxyl groups is 1. The summed E-state index contributed by atoms with van der Waals surface area (Å²) in [6.07, 6.45) is 1.08. The lowest BCUT2D eigenvalue weighted by Gasteiger charge is -2.34. The summed E-state index contributed by atoms with van der Waals surface area (Å²) < 4.78 is 18.5. The van der Waals surface area contributed by atoms with Gasteiger partial charge in [-0.2, -0.15) is 0 Å². The number of carbonyl (C=O) groups is 1. The molecule has 0 bridgehead atoms. The number of nitrogens with one attached hydrogen (secondary N) is 1. The fraction of sp³-hybridized carbons (Fsp3) is 0.500. The molecule has 0 aliphatic carbocycles. The molecule has 1 aliphatic heterocycles. The quantitative estimate of drug-likeness (QED) is 0.808. The maximum atomic E-state index is 13.8. The smallest absolute Gasteiger partial charge is 0.322 e. The largest absolute Gasteiger partial charge is 0.468 e. The van der Waals surface area contributed by atoms with E-state index in [-0.39, 0.29) is 30.4 Å². The minimum Gasteiger partial charge on any atom is -0.468 e. The minimum atomic E-state index is -0.500. The number of piperidine rings is 1. The number of hydrogen-bond acceptors (Lipinski definition) is 4. The van der Waals surface area contributed by atoms with Gasteiger partial charge in [0.25, 0.3) is 0 Å². The summed E-state index contributed by atoms with van der Waals surface area (Å²) >= 11 is 0. The van der Waals surface area contributed by atoms with E-state index in [0.717, 1.165) is 0 Å². The fourth-order valence-corrected chi connectivity index (χ4v) is 2.64. The standard InChI is InChI=1S/C14H18FNO3/c1-19-14(18)13-7-9(6-10(8-17)16-13)11-4-2-3-5-12(11)15/h2-5,9-10,13,16-17H,6-8H2,1H3. The Labute approximate surface area is 111 Å². The van der Waals surface area contributed by atoms with Crippen LogP contribution in [0.3, 0.4) is 0 Å². The van der Waals surface area contributed by atoms with Crippen molar-refractivity contribution < 1.29 is 19.0 Å². The van der Waals surface area contributed by atoms with Crippen molar-refractivity contribution in [3.63, 3.8) is 0 Å². The molecule has 2 rings (SSSR count). The molecule has 1 aromatic carbocycles. The predicted octanol–water partition coefficient (Wildman–Crippen LogP) is 1.20. The summed E-state index contributed by atoms with van der Waals surface area (Å²) in [4.78, 5) is 11.6. The van der Waals surface area contributed by atoms with E-state index in [1.54, 1.807) is 18.2 Å². The molecule has 3 unspecified atom stereocenters. The predicted molar refractivity (Wildman–Crippen MR) is 68.2 cm³/mol. The van der Waals surface area contributed by atoms with Crippen LogP contribution in [0, 0.1) is 5.82 Å². The highest BCUT2D eigenvalue weighted by molar-refractivity contribution is 5.76. The number of hydrogen-bond donors (Lipinski definition) is 2. The van der Waals surface area contributed by atoms with Crippen LogP contribution in [0.5, 0.6) is 0 Å². The minimum absolute atomic E-state index is 0.0849. The molecule has 0 spiro atoms. The van der Waals surface area contributed by atoms with Crippen molar-refractivity contribution in [2.24, 2.45) is 0 Å². The van der Waals surface area contributed by atoms with Gasteiger partial charge in [-0.05, 0) is 30.4 Å².